The number of ether oxygens (including phenoxy) is 1. The molecule has 0 unspecified atom stereocenters. The van der Waals surface area contributed by atoms with Crippen molar-refractivity contribution in [3.05, 3.63) is 72.3 Å². The third-order valence-corrected chi connectivity index (χ3v) is 5.81. The first-order valence-corrected chi connectivity index (χ1v) is 10.8. The molecule has 1 heterocycles. The van der Waals surface area contributed by atoms with Gasteiger partial charge in [-0.1, -0.05) is 60.2 Å². The average molecular weight is 421 g/mol. The highest BCUT2D eigenvalue weighted by Gasteiger charge is 2.32. The highest BCUT2D eigenvalue weighted by atomic mass is 16.5. The molecule has 1 fully saturated rings. The van der Waals surface area contributed by atoms with Crippen LogP contribution in [0.15, 0.2) is 61.2 Å². The maximum atomic E-state index is 13.3. The Morgan fingerprint density at radius 1 is 1.16 bits per heavy atom. The molecule has 1 aliphatic rings. The van der Waals surface area contributed by atoms with Crippen LogP contribution in [0, 0.1) is 12.8 Å². The van der Waals surface area contributed by atoms with Gasteiger partial charge in [0.15, 0.2) is 0 Å². The van der Waals surface area contributed by atoms with Crippen molar-refractivity contribution < 1.29 is 14.3 Å². The van der Waals surface area contributed by atoms with E-state index in [0.717, 1.165) is 16.7 Å². The first-order valence-electron chi connectivity index (χ1n) is 10.8. The minimum Gasteiger partial charge on any atom is -0.384 e. The summed E-state index contributed by atoms with van der Waals surface area (Å²) in [4.78, 5) is 29.7. The smallest absolute Gasteiger partial charge is 0.228 e. The lowest BCUT2D eigenvalue weighted by Gasteiger charge is -2.24. The zero-order chi connectivity index (χ0) is 22.2. The molecule has 2 aromatic rings. The van der Waals surface area contributed by atoms with Gasteiger partial charge in [-0.3, -0.25) is 9.59 Å². The topological polar surface area (TPSA) is 49.9 Å². The summed E-state index contributed by atoms with van der Waals surface area (Å²) in [6, 6.07) is 16.7. The molecule has 0 aliphatic carbocycles. The molecule has 5 nitrogen and oxygen atoms in total. The van der Waals surface area contributed by atoms with E-state index in [9.17, 15) is 9.59 Å². The molecule has 31 heavy (non-hydrogen) atoms. The number of benzene rings is 2. The van der Waals surface area contributed by atoms with E-state index in [1.807, 2.05) is 21.9 Å². The summed E-state index contributed by atoms with van der Waals surface area (Å²) in [6.07, 6.45) is 2.67. The number of amides is 2. The predicted octanol–water partition coefficient (Wildman–Crippen LogP) is 3.71. The normalized spacial score (nSPS) is 16.8. The first kappa shape index (κ1) is 22.8. The maximum Gasteiger partial charge on any atom is 0.228 e. The van der Waals surface area contributed by atoms with Crippen LogP contribution in [-0.4, -0.2) is 61.5 Å². The zero-order valence-electron chi connectivity index (χ0n) is 18.5. The van der Waals surface area contributed by atoms with Crippen LogP contribution in [0.3, 0.4) is 0 Å². The first-order chi connectivity index (χ1) is 15.0. The van der Waals surface area contributed by atoms with E-state index < -0.39 is 0 Å². The molecule has 5 heteroatoms. The monoisotopic (exact) mass is 420 g/mol. The lowest BCUT2D eigenvalue weighted by Crippen LogP contribution is -2.38. The largest absolute Gasteiger partial charge is 0.384 e. The van der Waals surface area contributed by atoms with Gasteiger partial charge >= 0.3 is 0 Å². The summed E-state index contributed by atoms with van der Waals surface area (Å²) in [6.45, 7) is 8.25. The minimum absolute atomic E-state index is 0.0342. The van der Waals surface area contributed by atoms with E-state index in [1.54, 1.807) is 13.2 Å². The highest BCUT2D eigenvalue weighted by Crippen LogP contribution is 2.27. The van der Waals surface area contributed by atoms with Crippen molar-refractivity contribution in [2.45, 2.75) is 19.8 Å². The van der Waals surface area contributed by atoms with Crippen molar-refractivity contribution in [3.63, 3.8) is 0 Å². The van der Waals surface area contributed by atoms with E-state index in [0.29, 0.717) is 45.6 Å². The molecule has 1 aliphatic heterocycles. The number of methoxy groups -OCH3 is 1. The van der Waals surface area contributed by atoms with Crippen LogP contribution in [0.25, 0.3) is 11.1 Å². The molecule has 0 spiro atoms. The van der Waals surface area contributed by atoms with Crippen LogP contribution >= 0.6 is 0 Å². The summed E-state index contributed by atoms with van der Waals surface area (Å²) in [5.41, 5.74) is 4.60. The third kappa shape index (κ3) is 5.82. The molecule has 2 aromatic carbocycles. The Bertz CT molecular complexity index is 907. The standard InChI is InChI=1S/C26H32N2O3/c1-4-14-27-15-16-28(25(29)13-17-31-3)19-23(26(27)30)18-22-7-5-6-8-24(22)21-11-9-20(2)10-12-21/h4-12,23H,1,13-19H2,2-3H3/t23-/m0/s1. The number of carbonyl (C=O) groups is 2. The SMILES string of the molecule is C=CCN1CCN(C(=O)CCOC)C[C@H](Cc2ccccc2-c2ccc(C)cc2)C1=O. The Hall–Kier alpha value is -2.92. The minimum atomic E-state index is -0.291. The molecular formula is C26H32N2O3. The lowest BCUT2D eigenvalue weighted by molar-refractivity contribution is -0.134. The number of rotatable bonds is 8. The molecule has 2 amide bonds. The van der Waals surface area contributed by atoms with Crippen LogP contribution < -0.4 is 0 Å². The highest BCUT2D eigenvalue weighted by molar-refractivity contribution is 5.83. The van der Waals surface area contributed by atoms with Gasteiger partial charge in [0, 0.05) is 33.3 Å². The van der Waals surface area contributed by atoms with Crippen molar-refractivity contribution >= 4 is 11.8 Å². The molecule has 164 valence electrons. The van der Waals surface area contributed by atoms with Crippen LogP contribution in [0.2, 0.25) is 0 Å². The van der Waals surface area contributed by atoms with Gasteiger partial charge in [-0.25, -0.2) is 0 Å². The fourth-order valence-corrected chi connectivity index (χ4v) is 4.09. The number of aryl methyl sites for hydroxylation is 1. The Balaban J connectivity index is 1.88. The van der Waals surface area contributed by atoms with Gasteiger partial charge in [-0.05, 0) is 30.0 Å². The molecule has 1 atom stereocenters. The Kier molecular flexibility index (Phi) is 8.01. The zero-order valence-corrected chi connectivity index (χ0v) is 18.5. The predicted molar refractivity (Wildman–Crippen MR) is 124 cm³/mol. The number of nitrogens with zero attached hydrogens (tertiary/aromatic N) is 2. The summed E-state index contributed by atoms with van der Waals surface area (Å²) in [5, 5.41) is 0. The van der Waals surface area contributed by atoms with Gasteiger partial charge in [0.2, 0.25) is 11.8 Å². The molecular weight excluding hydrogens is 388 g/mol. The molecule has 0 radical (unpaired) electrons. The third-order valence-electron chi connectivity index (χ3n) is 5.81. The van der Waals surface area contributed by atoms with E-state index in [4.69, 9.17) is 4.74 Å². The van der Waals surface area contributed by atoms with Gasteiger partial charge in [-0.15, -0.1) is 6.58 Å². The number of carbonyl (C=O) groups excluding carboxylic acids is 2. The second-order valence-electron chi connectivity index (χ2n) is 8.08. The van der Waals surface area contributed by atoms with Crippen molar-refractivity contribution in [3.8, 4) is 11.1 Å². The fraction of sp³-hybridized carbons (Fsp3) is 0.385. The van der Waals surface area contributed by atoms with Crippen molar-refractivity contribution in [1.29, 1.82) is 0 Å². The summed E-state index contributed by atoms with van der Waals surface area (Å²) < 4.78 is 5.07. The van der Waals surface area contributed by atoms with E-state index in [-0.39, 0.29) is 17.7 Å². The average Bonchev–Trinajstić information content (AvgIpc) is 2.93. The second-order valence-corrected chi connectivity index (χ2v) is 8.08. The summed E-state index contributed by atoms with van der Waals surface area (Å²) in [5.74, 6) is -0.173. The van der Waals surface area contributed by atoms with Crippen LogP contribution in [0.4, 0.5) is 0 Å². The summed E-state index contributed by atoms with van der Waals surface area (Å²) >= 11 is 0. The fourth-order valence-electron chi connectivity index (χ4n) is 4.09. The maximum absolute atomic E-state index is 13.3. The van der Waals surface area contributed by atoms with Crippen LogP contribution in [0.5, 0.6) is 0 Å². The Labute approximate surface area is 185 Å². The van der Waals surface area contributed by atoms with Crippen molar-refractivity contribution in [2.24, 2.45) is 5.92 Å². The quantitative estimate of drug-likeness (QED) is 0.612. The lowest BCUT2D eigenvalue weighted by atomic mass is 9.91. The molecule has 0 aromatic heterocycles. The molecule has 0 saturated carbocycles. The summed E-state index contributed by atoms with van der Waals surface area (Å²) in [7, 11) is 1.59. The molecule has 3 rings (SSSR count). The van der Waals surface area contributed by atoms with Gasteiger partial charge < -0.3 is 14.5 Å². The van der Waals surface area contributed by atoms with Gasteiger partial charge in [-0.2, -0.15) is 0 Å². The molecule has 1 saturated heterocycles. The molecule has 0 bridgehead atoms. The van der Waals surface area contributed by atoms with Crippen LogP contribution in [-0.2, 0) is 20.7 Å². The van der Waals surface area contributed by atoms with E-state index >= 15 is 0 Å². The number of hydrogen-bond acceptors (Lipinski definition) is 3. The van der Waals surface area contributed by atoms with E-state index in [1.165, 1.54) is 5.56 Å². The number of hydrogen-bond donors (Lipinski definition) is 0. The van der Waals surface area contributed by atoms with Gasteiger partial charge in [0.05, 0.1) is 18.9 Å². The Morgan fingerprint density at radius 2 is 1.90 bits per heavy atom. The van der Waals surface area contributed by atoms with Gasteiger partial charge in [0.25, 0.3) is 0 Å². The van der Waals surface area contributed by atoms with Crippen LogP contribution in [0.1, 0.15) is 17.5 Å². The van der Waals surface area contributed by atoms with Gasteiger partial charge in [0.1, 0.15) is 0 Å². The van der Waals surface area contributed by atoms with Crippen molar-refractivity contribution in [2.75, 3.05) is 39.9 Å². The molecule has 0 N–H and O–H groups in total. The Morgan fingerprint density at radius 3 is 2.61 bits per heavy atom. The van der Waals surface area contributed by atoms with Crippen molar-refractivity contribution in [1.82, 2.24) is 9.80 Å². The second kappa shape index (κ2) is 10.9. The van der Waals surface area contributed by atoms with E-state index in [2.05, 4.69) is 49.9 Å².